The lowest BCUT2D eigenvalue weighted by Gasteiger charge is -2.33. The molecule has 1 fully saturated rings. The number of nitrogens with zero attached hydrogens (tertiary/aromatic N) is 1. The van der Waals surface area contributed by atoms with Crippen molar-refractivity contribution in [1.82, 2.24) is 10.2 Å². The van der Waals surface area contributed by atoms with E-state index in [0.29, 0.717) is 12.5 Å². The molecular weight excluding hydrogens is 244 g/mol. The molecule has 0 aliphatic carbocycles. The molecule has 0 aromatic carbocycles. The fourth-order valence-electron chi connectivity index (χ4n) is 2.49. The molecule has 1 heterocycles. The number of carboxylic acid groups (broad SMARTS) is 1. The van der Waals surface area contributed by atoms with Crippen LogP contribution in [0.4, 0.5) is 0 Å². The smallest absolute Gasteiger partial charge is 0.326 e. The quantitative estimate of drug-likeness (QED) is 0.767. The molecule has 0 aromatic rings. The van der Waals surface area contributed by atoms with E-state index in [1.165, 1.54) is 19.3 Å². The van der Waals surface area contributed by atoms with Gasteiger partial charge < -0.3 is 15.3 Å². The molecule has 1 rings (SSSR count). The number of hydrogen-bond donors (Lipinski definition) is 2. The first-order chi connectivity index (χ1) is 8.91. The Labute approximate surface area is 115 Å². The lowest BCUT2D eigenvalue weighted by Crippen LogP contribution is -2.46. The molecule has 5 heteroatoms. The number of likely N-dealkylation sites (tertiary alicyclic amines) is 1. The Kier molecular flexibility index (Phi) is 6.28. The molecule has 1 aliphatic rings. The van der Waals surface area contributed by atoms with Crippen LogP contribution in [-0.2, 0) is 9.59 Å². The predicted octanol–water partition coefficient (Wildman–Crippen LogP) is 1.48. The maximum Gasteiger partial charge on any atom is 0.326 e. The molecule has 0 aromatic heterocycles. The van der Waals surface area contributed by atoms with Crippen molar-refractivity contribution in [2.24, 2.45) is 5.92 Å². The summed E-state index contributed by atoms with van der Waals surface area (Å²) in [4.78, 5) is 25.1. The standard InChI is InChI=1S/C14H26N2O3/c1-10(2)13(14(18)19)15-12(17)7-9-16-8-5-4-6-11(16)3/h10-11,13H,4-9H2,1-3H3,(H,15,17)(H,18,19). The highest BCUT2D eigenvalue weighted by atomic mass is 16.4. The fourth-order valence-corrected chi connectivity index (χ4v) is 2.49. The first-order valence-electron chi connectivity index (χ1n) is 7.18. The van der Waals surface area contributed by atoms with Gasteiger partial charge in [0, 0.05) is 19.0 Å². The van der Waals surface area contributed by atoms with Gasteiger partial charge in [-0.15, -0.1) is 0 Å². The third-order valence-corrected chi connectivity index (χ3v) is 3.82. The van der Waals surface area contributed by atoms with Crippen LogP contribution in [-0.4, -0.2) is 47.1 Å². The van der Waals surface area contributed by atoms with Crippen LogP contribution in [0.2, 0.25) is 0 Å². The van der Waals surface area contributed by atoms with Gasteiger partial charge in [-0.25, -0.2) is 4.79 Å². The van der Waals surface area contributed by atoms with Crippen LogP contribution in [0.3, 0.4) is 0 Å². The van der Waals surface area contributed by atoms with E-state index in [4.69, 9.17) is 5.11 Å². The van der Waals surface area contributed by atoms with Gasteiger partial charge in [0.1, 0.15) is 6.04 Å². The number of carboxylic acids is 1. The van der Waals surface area contributed by atoms with Gasteiger partial charge in [-0.05, 0) is 32.2 Å². The highest BCUT2D eigenvalue weighted by Gasteiger charge is 2.24. The number of hydrogen-bond acceptors (Lipinski definition) is 3. The molecule has 110 valence electrons. The Morgan fingerprint density at radius 3 is 2.58 bits per heavy atom. The van der Waals surface area contributed by atoms with Gasteiger partial charge in [0.25, 0.3) is 0 Å². The zero-order chi connectivity index (χ0) is 14.4. The van der Waals surface area contributed by atoms with Crippen LogP contribution in [0.25, 0.3) is 0 Å². The summed E-state index contributed by atoms with van der Waals surface area (Å²) in [6.45, 7) is 7.54. The minimum atomic E-state index is -0.963. The Morgan fingerprint density at radius 1 is 1.37 bits per heavy atom. The molecule has 2 unspecified atom stereocenters. The van der Waals surface area contributed by atoms with Gasteiger partial charge in [0.05, 0.1) is 0 Å². The second-order valence-corrected chi connectivity index (χ2v) is 5.76. The third-order valence-electron chi connectivity index (χ3n) is 3.82. The molecule has 2 atom stereocenters. The highest BCUT2D eigenvalue weighted by Crippen LogP contribution is 2.16. The van der Waals surface area contributed by atoms with E-state index in [9.17, 15) is 9.59 Å². The first kappa shape index (κ1) is 16.0. The number of carbonyl (C=O) groups is 2. The summed E-state index contributed by atoms with van der Waals surface area (Å²) in [6, 6.07) is -0.256. The minimum absolute atomic E-state index is 0.102. The summed E-state index contributed by atoms with van der Waals surface area (Å²) in [6.07, 6.45) is 4.01. The van der Waals surface area contributed by atoms with Crippen molar-refractivity contribution < 1.29 is 14.7 Å². The molecule has 0 bridgehead atoms. The lowest BCUT2D eigenvalue weighted by molar-refractivity contribution is -0.143. The molecule has 1 saturated heterocycles. The highest BCUT2D eigenvalue weighted by molar-refractivity contribution is 5.83. The molecular formula is C14H26N2O3. The monoisotopic (exact) mass is 270 g/mol. The molecule has 1 aliphatic heterocycles. The topological polar surface area (TPSA) is 69.6 Å². The summed E-state index contributed by atoms with van der Waals surface area (Å²) >= 11 is 0. The molecule has 1 amide bonds. The summed E-state index contributed by atoms with van der Waals surface area (Å²) < 4.78 is 0. The van der Waals surface area contributed by atoms with E-state index in [1.807, 2.05) is 0 Å². The van der Waals surface area contributed by atoms with Crippen LogP contribution in [0, 0.1) is 5.92 Å². The Morgan fingerprint density at radius 2 is 2.05 bits per heavy atom. The SMILES string of the molecule is CC(C)C(NC(=O)CCN1CCCCC1C)C(=O)O. The van der Waals surface area contributed by atoms with E-state index in [-0.39, 0.29) is 11.8 Å². The second kappa shape index (κ2) is 7.48. The number of carbonyl (C=O) groups excluding carboxylic acids is 1. The van der Waals surface area contributed by atoms with Crippen molar-refractivity contribution in [2.45, 2.75) is 58.5 Å². The normalized spacial score (nSPS) is 22.2. The van der Waals surface area contributed by atoms with Crippen LogP contribution in [0.5, 0.6) is 0 Å². The lowest BCUT2D eigenvalue weighted by atomic mass is 10.0. The average molecular weight is 270 g/mol. The summed E-state index contributed by atoms with van der Waals surface area (Å²) in [5, 5.41) is 11.6. The number of aliphatic carboxylic acids is 1. The molecule has 0 saturated carbocycles. The average Bonchev–Trinajstić information content (AvgIpc) is 2.34. The van der Waals surface area contributed by atoms with Gasteiger partial charge in [-0.1, -0.05) is 20.3 Å². The third kappa shape index (κ3) is 5.19. The number of rotatable bonds is 6. The van der Waals surface area contributed by atoms with E-state index in [2.05, 4.69) is 17.1 Å². The van der Waals surface area contributed by atoms with Crippen molar-refractivity contribution in [1.29, 1.82) is 0 Å². The van der Waals surface area contributed by atoms with Crippen molar-refractivity contribution >= 4 is 11.9 Å². The van der Waals surface area contributed by atoms with E-state index < -0.39 is 12.0 Å². The van der Waals surface area contributed by atoms with Crippen molar-refractivity contribution in [3.05, 3.63) is 0 Å². The van der Waals surface area contributed by atoms with E-state index >= 15 is 0 Å². The second-order valence-electron chi connectivity index (χ2n) is 5.76. The zero-order valence-electron chi connectivity index (χ0n) is 12.2. The predicted molar refractivity (Wildman–Crippen MR) is 73.9 cm³/mol. The Bertz CT molecular complexity index is 318. The van der Waals surface area contributed by atoms with Gasteiger partial charge in [0.15, 0.2) is 0 Å². The summed E-state index contributed by atoms with van der Waals surface area (Å²) in [5.74, 6) is -1.23. The van der Waals surface area contributed by atoms with E-state index in [0.717, 1.165) is 13.1 Å². The van der Waals surface area contributed by atoms with Crippen molar-refractivity contribution in [3.8, 4) is 0 Å². The molecule has 0 radical (unpaired) electrons. The van der Waals surface area contributed by atoms with Crippen LogP contribution < -0.4 is 5.32 Å². The van der Waals surface area contributed by atoms with Crippen LogP contribution >= 0.6 is 0 Å². The maximum absolute atomic E-state index is 11.8. The van der Waals surface area contributed by atoms with Crippen molar-refractivity contribution in [2.75, 3.05) is 13.1 Å². The summed E-state index contributed by atoms with van der Waals surface area (Å²) in [5.41, 5.74) is 0. The van der Waals surface area contributed by atoms with Crippen LogP contribution in [0.15, 0.2) is 0 Å². The number of piperidine rings is 1. The number of nitrogens with one attached hydrogen (secondary N) is 1. The Hall–Kier alpha value is -1.10. The van der Waals surface area contributed by atoms with Gasteiger partial charge in [-0.3, -0.25) is 4.79 Å². The molecule has 2 N–H and O–H groups in total. The van der Waals surface area contributed by atoms with Gasteiger partial charge in [0.2, 0.25) is 5.91 Å². The zero-order valence-corrected chi connectivity index (χ0v) is 12.2. The Balaban J connectivity index is 2.36. The van der Waals surface area contributed by atoms with Gasteiger partial charge in [-0.2, -0.15) is 0 Å². The molecule has 5 nitrogen and oxygen atoms in total. The van der Waals surface area contributed by atoms with Gasteiger partial charge >= 0.3 is 5.97 Å². The number of amides is 1. The van der Waals surface area contributed by atoms with E-state index in [1.54, 1.807) is 13.8 Å². The van der Waals surface area contributed by atoms with Crippen molar-refractivity contribution in [3.63, 3.8) is 0 Å². The largest absolute Gasteiger partial charge is 0.480 e. The molecule has 19 heavy (non-hydrogen) atoms. The molecule has 0 spiro atoms. The van der Waals surface area contributed by atoms with Crippen LogP contribution in [0.1, 0.15) is 46.5 Å². The fraction of sp³-hybridized carbons (Fsp3) is 0.857. The maximum atomic E-state index is 11.8. The summed E-state index contributed by atoms with van der Waals surface area (Å²) in [7, 11) is 0. The first-order valence-corrected chi connectivity index (χ1v) is 7.18. The minimum Gasteiger partial charge on any atom is -0.480 e.